The maximum Gasteiger partial charge on any atom is 0.418 e. The summed E-state index contributed by atoms with van der Waals surface area (Å²) in [5.41, 5.74) is 13.0. The minimum atomic E-state index is -1.43. The molecule has 4 heterocycles. The summed E-state index contributed by atoms with van der Waals surface area (Å²) in [6.07, 6.45) is -0.498. The molecule has 482 valence electrons. The molecule has 2 amide bonds. The smallest absolute Gasteiger partial charge is 0.418 e. The number of hydrogen-bond acceptors (Lipinski definition) is 12. The number of esters is 2. The molecule has 2 spiro atoms. The number of rotatable bonds is 15. The normalized spacial score (nSPS) is 16.4. The van der Waals surface area contributed by atoms with Crippen LogP contribution in [0.1, 0.15) is 135 Å². The van der Waals surface area contributed by atoms with E-state index in [1.54, 1.807) is 35.8 Å². The average molecular weight is 1280 g/mol. The molecule has 4 aliphatic heterocycles. The SMILES string of the molecule is CCOC(=O)N(c1ccc(C(C)(CC)c2ccc(N(C(=O)OCC)c3cc4c(cc3C)Oc3cc(N(CC)c5ccccc5C)ccc3C43OC(=O)c4ccccc43)cc2)cc1)c1cc2c(cc1C)Oc1cc(N(CC)c3ccccc3C)ccc1C21OC(=O)c2ccccc21. The van der Waals surface area contributed by atoms with Crippen molar-refractivity contribution in [1.82, 2.24) is 0 Å². The lowest BCUT2D eigenvalue weighted by atomic mass is 9.74. The molecule has 10 aromatic carbocycles. The van der Waals surface area contributed by atoms with E-state index in [9.17, 15) is 19.2 Å². The van der Waals surface area contributed by atoms with Gasteiger partial charge in [0.2, 0.25) is 0 Å². The van der Waals surface area contributed by atoms with Crippen LogP contribution in [0, 0.1) is 27.7 Å². The van der Waals surface area contributed by atoms with Gasteiger partial charge in [0.05, 0.1) is 47.1 Å². The number of hydrogen-bond donors (Lipinski definition) is 0. The predicted octanol–water partition coefficient (Wildman–Crippen LogP) is 19.7. The fourth-order valence-electron chi connectivity index (χ4n) is 14.7. The van der Waals surface area contributed by atoms with Crippen molar-refractivity contribution in [2.24, 2.45) is 0 Å². The number of amides is 2. The molecule has 0 bridgehead atoms. The van der Waals surface area contributed by atoms with Crippen LogP contribution in [0.15, 0.2) is 206 Å². The minimum absolute atomic E-state index is 0.119. The lowest BCUT2D eigenvalue weighted by Crippen LogP contribution is -2.34. The Labute approximate surface area is 559 Å². The predicted molar refractivity (Wildman–Crippen MR) is 375 cm³/mol. The van der Waals surface area contributed by atoms with Crippen molar-refractivity contribution in [3.63, 3.8) is 0 Å². The maximum absolute atomic E-state index is 14.6. The molecule has 0 aliphatic carbocycles. The molecular weight excluding hydrogens is 1200 g/mol. The lowest BCUT2D eigenvalue weighted by molar-refractivity contribution is 0.0214. The van der Waals surface area contributed by atoms with Crippen molar-refractivity contribution < 1.29 is 47.6 Å². The number of aryl methyl sites for hydroxylation is 4. The van der Waals surface area contributed by atoms with Gasteiger partial charge in [-0.25, -0.2) is 29.0 Å². The van der Waals surface area contributed by atoms with Gasteiger partial charge in [-0.15, -0.1) is 0 Å². The Balaban J connectivity index is 0.807. The largest absolute Gasteiger partial charge is 0.456 e. The summed E-state index contributed by atoms with van der Waals surface area (Å²) < 4.78 is 38.9. The monoisotopic (exact) mass is 1270 g/mol. The molecule has 0 saturated heterocycles. The molecule has 2 atom stereocenters. The lowest BCUT2D eigenvalue weighted by Gasteiger charge is -2.38. The summed E-state index contributed by atoms with van der Waals surface area (Å²) in [4.78, 5) is 65.1. The molecule has 14 heteroatoms. The van der Waals surface area contributed by atoms with E-state index >= 15 is 0 Å². The van der Waals surface area contributed by atoms with Gasteiger partial charge in [-0.3, -0.25) is 0 Å². The van der Waals surface area contributed by atoms with E-state index in [2.05, 4.69) is 75.6 Å². The quantitative estimate of drug-likeness (QED) is 0.0714. The topological polar surface area (TPSA) is 137 Å². The van der Waals surface area contributed by atoms with E-state index in [1.165, 1.54) is 0 Å². The molecule has 0 aromatic heterocycles. The van der Waals surface area contributed by atoms with Crippen LogP contribution >= 0.6 is 0 Å². The first-order valence-electron chi connectivity index (χ1n) is 32.9. The zero-order valence-electron chi connectivity index (χ0n) is 55.5. The van der Waals surface area contributed by atoms with Gasteiger partial charge >= 0.3 is 24.1 Å². The number of carbonyl (C=O) groups is 4. The van der Waals surface area contributed by atoms with Crippen LogP contribution in [-0.4, -0.2) is 50.4 Å². The Morgan fingerprint density at radius 1 is 0.396 bits per heavy atom. The first-order chi connectivity index (χ1) is 46.5. The molecule has 0 radical (unpaired) electrons. The standard InChI is InChI=1S/C82H74N4O10/c1-11-80(10,54-32-36-56(37-33-54)85(78(89)91-14-4)70-48-66-72(44-52(70)8)93-74-46-58(83(12-2)68-30-22-16-24-50(68)6)40-42-64(74)81(66)62-28-20-18-26-60(62)76(87)95-81)55-34-38-57(39-35-55)86(79(90)92-15-5)71-49-67-73(45-53(71)9)94-75-47-59(84(13-3)69-31-23-17-25-51(69)7)41-43-65(75)82(67)63-29-21-19-27-61(63)77(88)96-82/h16-49H,11-15H2,1-10H3. The highest BCUT2D eigenvalue weighted by Gasteiger charge is 2.56. The second-order valence-electron chi connectivity index (χ2n) is 25.0. The van der Waals surface area contributed by atoms with Crippen LogP contribution in [-0.2, 0) is 35.6 Å². The molecule has 0 fully saturated rings. The number of carbonyl (C=O) groups excluding carboxylic acids is 4. The molecule has 14 nitrogen and oxygen atoms in total. The molecule has 4 aliphatic rings. The summed E-state index contributed by atoms with van der Waals surface area (Å²) in [6, 6.07) is 66.9. The van der Waals surface area contributed by atoms with Gasteiger partial charge in [-0.1, -0.05) is 111 Å². The van der Waals surface area contributed by atoms with Gasteiger partial charge in [-0.2, -0.15) is 0 Å². The van der Waals surface area contributed by atoms with Gasteiger partial charge in [0.15, 0.2) is 11.2 Å². The summed E-state index contributed by atoms with van der Waals surface area (Å²) in [7, 11) is 0. The minimum Gasteiger partial charge on any atom is -0.456 e. The second-order valence-corrected chi connectivity index (χ2v) is 25.0. The van der Waals surface area contributed by atoms with Crippen LogP contribution in [0.5, 0.6) is 23.0 Å². The van der Waals surface area contributed by atoms with Crippen molar-refractivity contribution in [1.29, 1.82) is 0 Å². The number of anilines is 8. The highest BCUT2D eigenvalue weighted by atomic mass is 16.6. The van der Waals surface area contributed by atoms with Gasteiger partial charge in [0.1, 0.15) is 23.0 Å². The Morgan fingerprint density at radius 3 is 1.14 bits per heavy atom. The summed E-state index contributed by atoms with van der Waals surface area (Å²) in [6.45, 7) is 21.8. The summed E-state index contributed by atoms with van der Waals surface area (Å²) >= 11 is 0. The molecule has 0 N–H and O–H groups in total. The number of para-hydroxylation sites is 2. The average Bonchev–Trinajstić information content (AvgIpc) is 1.45. The first kappa shape index (κ1) is 62.3. The van der Waals surface area contributed by atoms with Crippen LogP contribution in [0.25, 0.3) is 0 Å². The molecule has 10 aromatic rings. The Bertz CT molecular complexity index is 4500. The molecular formula is C82H74N4O10. The van der Waals surface area contributed by atoms with Crippen LogP contribution in [0.3, 0.4) is 0 Å². The summed E-state index contributed by atoms with van der Waals surface area (Å²) in [5.74, 6) is 1.13. The zero-order chi connectivity index (χ0) is 66.9. The number of benzene rings is 10. The van der Waals surface area contributed by atoms with Crippen molar-refractivity contribution >= 4 is 69.6 Å². The number of fused-ring (bicyclic) bond motifs is 12. The fourth-order valence-corrected chi connectivity index (χ4v) is 14.7. The van der Waals surface area contributed by atoms with Crippen LogP contribution < -0.4 is 29.1 Å². The molecule has 14 rings (SSSR count). The van der Waals surface area contributed by atoms with E-state index in [1.807, 2.05) is 184 Å². The van der Waals surface area contributed by atoms with Gasteiger partial charge in [-0.05, 0) is 192 Å². The van der Waals surface area contributed by atoms with Crippen molar-refractivity contribution in [2.75, 3.05) is 45.9 Å². The molecule has 0 saturated carbocycles. The van der Waals surface area contributed by atoms with Crippen LogP contribution in [0.2, 0.25) is 0 Å². The molecule has 2 unspecified atom stereocenters. The van der Waals surface area contributed by atoms with Crippen molar-refractivity contribution in [3.05, 3.63) is 284 Å². The first-order valence-corrected chi connectivity index (χ1v) is 32.9. The van der Waals surface area contributed by atoms with Crippen molar-refractivity contribution in [3.8, 4) is 23.0 Å². The van der Waals surface area contributed by atoms with Crippen molar-refractivity contribution in [2.45, 2.75) is 92.3 Å². The Kier molecular flexibility index (Phi) is 15.8. The molecule has 96 heavy (non-hydrogen) atoms. The zero-order valence-corrected chi connectivity index (χ0v) is 55.5. The number of nitrogens with zero attached hydrogens (tertiary/aromatic N) is 4. The fraction of sp³-hybridized carbons (Fsp3) is 0.220. The second kappa shape index (κ2) is 24.3. The van der Waals surface area contributed by atoms with Gasteiger partial charge in [0, 0.05) is 86.8 Å². The van der Waals surface area contributed by atoms with E-state index in [0.717, 1.165) is 45.0 Å². The van der Waals surface area contributed by atoms with E-state index in [-0.39, 0.29) is 13.2 Å². The third-order valence-corrected chi connectivity index (χ3v) is 19.7. The Hall–Kier alpha value is -11.1. The highest BCUT2D eigenvalue weighted by molar-refractivity contribution is 6.01. The van der Waals surface area contributed by atoms with Crippen LogP contribution in [0.4, 0.5) is 55.1 Å². The highest BCUT2D eigenvalue weighted by Crippen LogP contribution is 2.60. The number of ether oxygens (including phenoxy) is 6. The van der Waals surface area contributed by atoms with E-state index in [0.29, 0.717) is 121 Å². The van der Waals surface area contributed by atoms with E-state index < -0.39 is 40.7 Å². The van der Waals surface area contributed by atoms with E-state index in [4.69, 9.17) is 28.4 Å². The Morgan fingerprint density at radius 2 is 0.760 bits per heavy atom. The maximum atomic E-state index is 14.6. The third kappa shape index (κ3) is 9.82. The third-order valence-electron chi connectivity index (χ3n) is 19.7. The summed E-state index contributed by atoms with van der Waals surface area (Å²) in [5, 5.41) is 0. The van der Waals surface area contributed by atoms with Gasteiger partial charge in [0.25, 0.3) is 0 Å². The van der Waals surface area contributed by atoms with Gasteiger partial charge < -0.3 is 38.2 Å².